The van der Waals surface area contributed by atoms with Crippen LogP contribution in [0.25, 0.3) is 0 Å². The number of hydrogen-bond donors (Lipinski definition) is 5. The molecule has 4 aliphatic carbocycles. The lowest BCUT2D eigenvalue weighted by Crippen LogP contribution is -2.65. The molecule has 0 aromatic rings. The molecule has 16 atom stereocenters. The SMILES string of the molecule is CC(=O)NC1C(OC2CC(C(C)CCCC(C)COC(C)=O)C3(C)CCC4C(CCC5CC(O)CCC54C)C23)OC(CO)C(O)C1O. The zero-order chi connectivity index (χ0) is 34.3. The standard InChI is InChI=1S/C37H63NO9/c1-20(19-45-23(4)41)8-7-9-21(2)28-17-29(46-35-32(38-22(3)40)34(44)33(43)30(18-39)47-35)31-26-11-10-24-16-25(42)12-14-36(24,5)27(26)13-15-37(28,31)6/h20-21,24-35,39,42-44H,7-19H2,1-6H3,(H,38,40). The highest BCUT2D eigenvalue weighted by Crippen LogP contribution is 2.69. The number of fused-ring (bicyclic) bond motifs is 5. The number of aliphatic hydroxyl groups is 4. The second-order valence-electron chi connectivity index (χ2n) is 16.8. The van der Waals surface area contributed by atoms with Crippen LogP contribution in [0, 0.1) is 52.3 Å². The van der Waals surface area contributed by atoms with Gasteiger partial charge in [-0.1, -0.05) is 40.5 Å². The highest BCUT2D eigenvalue weighted by Gasteiger charge is 2.64. The van der Waals surface area contributed by atoms with Gasteiger partial charge >= 0.3 is 5.97 Å². The van der Waals surface area contributed by atoms with Gasteiger partial charge in [0.05, 0.1) is 25.4 Å². The molecule has 5 aliphatic rings. The first-order chi connectivity index (χ1) is 22.2. The van der Waals surface area contributed by atoms with Crippen LogP contribution < -0.4 is 5.32 Å². The van der Waals surface area contributed by atoms with Crippen LogP contribution >= 0.6 is 0 Å². The first kappa shape index (κ1) is 37.0. The van der Waals surface area contributed by atoms with Gasteiger partial charge in [0.1, 0.15) is 24.4 Å². The molecule has 0 aromatic heterocycles. The normalized spacial score (nSPS) is 46.0. The van der Waals surface area contributed by atoms with Crippen molar-refractivity contribution in [3.8, 4) is 0 Å². The molecule has 0 spiro atoms. The molecular weight excluding hydrogens is 602 g/mol. The number of nitrogens with one attached hydrogen (secondary N) is 1. The molecule has 0 radical (unpaired) electrons. The van der Waals surface area contributed by atoms with Crippen molar-refractivity contribution in [1.82, 2.24) is 5.32 Å². The van der Waals surface area contributed by atoms with Crippen molar-refractivity contribution in [2.75, 3.05) is 13.2 Å². The lowest BCUT2D eigenvalue weighted by Gasteiger charge is -2.61. The molecule has 16 unspecified atom stereocenters. The molecule has 5 rings (SSSR count). The molecule has 270 valence electrons. The third kappa shape index (κ3) is 7.43. The first-order valence-electron chi connectivity index (χ1n) is 18.6. The average Bonchev–Trinajstić information content (AvgIpc) is 3.31. The Labute approximate surface area is 281 Å². The molecule has 1 aliphatic heterocycles. The van der Waals surface area contributed by atoms with Gasteiger partial charge in [-0.25, -0.2) is 0 Å². The fourth-order valence-electron chi connectivity index (χ4n) is 11.4. The van der Waals surface area contributed by atoms with Crippen molar-refractivity contribution in [2.24, 2.45) is 52.3 Å². The molecule has 1 heterocycles. The molecule has 4 saturated carbocycles. The van der Waals surface area contributed by atoms with E-state index in [0.29, 0.717) is 42.1 Å². The molecule has 10 heteroatoms. The number of carbonyl (C=O) groups is 2. The van der Waals surface area contributed by atoms with E-state index in [0.717, 1.165) is 64.2 Å². The van der Waals surface area contributed by atoms with E-state index >= 15 is 0 Å². The number of hydrogen-bond acceptors (Lipinski definition) is 9. The minimum absolute atomic E-state index is 0.0403. The van der Waals surface area contributed by atoms with Gasteiger partial charge in [0.2, 0.25) is 5.91 Å². The van der Waals surface area contributed by atoms with E-state index in [2.05, 4.69) is 33.0 Å². The van der Waals surface area contributed by atoms with Crippen molar-refractivity contribution in [2.45, 2.75) is 155 Å². The van der Waals surface area contributed by atoms with Crippen LogP contribution in [-0.2, 0) is 23.8 Å². The third-order valence-electron chi connectivity index (χ3n) is 13.8. The van der Waals surface area contributed by atoms with Crippen LogP contribution in [0.4, 0.5) is 0 Å². The Bertz CT molecular complexity index is 1090. The Kier molecular flexibility index (Phi) is 11.7. The zero-order valence-electron chi connectivity index (χ0n) is 29.6. The Morgan fingerprint density at radius 1 is 0.957 bits per heavy atom. The Morgan fingerprint density at radius 2 is 1.68 bits per heavy atom. The highest BCUT2D eigenvalue weighted by atomic mass is 16.7. The predicted octanol–water partition coefficient (Wildman–Crippen LogP) is 3.95. The largest absolute Gasteiger partial charge is 0.466 e. The first-order valence-corrected chi connectivity index (χ1v) is 18.6. The number of amides is 1. The van der Waals surface area contributed by atoms with Crippen molar-refractivity contribution >= 4 is 11.9 Å². The summed E-state index contributed by atoms with van der Waals surface area (Å²) in [6, 6.07) is -0.959. The second-order valence-corrected chi connectivity index (χ2v) is 16.8. The summed E-state index contributed by atoms with van der Waals surface area (Å²) in [6.07, 6.45) is 6.23. The molecule has 10 nitrogen and oxygen atoms in total. The number of aliphatic hydroxyl groups excluding tert-OH is 4. The van der Waals surface area contributed by atoms with Crippen molar-refractivity contribution in [1.29, 1.82) is 0 Å². The van der Waals surface area contributed by atoms with Crippen LogP contribution in [0.2, 0.25) is 0 Å². The lowest BCUT2D eigenvalue weighted by molar-refractivity contribution is -0.290. The Morgan fingerprint density at radius 3 is 2.36 bits per heavy atom. The molecule has 5 fully saturated rings. The minimum Gasteiger partial charge on any atom is -0.466 e. The van der Waals surface area contributed by atoms with E-state index in [1.807, 2.05) is 0 Å². The summed E-state index contributed by atoms with van der Waals surface area (Å²) in [5, 5.41) is 45.0. The summed E-state index contributed by atoms with van der Waals surface area (Å²) in [6.45, 7) is 12.3. The van der Waals surface area contributed by atoms with E-state index < -0.39 is 37.3 Å². The fraction of sp³-hybridized carbons (Fsp3) is 0.946. The van der Waals surface area contributed by atoms with E-state index in [1.54, 1.807) is 0 Å². The fourth-order valence-corrected chi connectivity index (χ4v) is 11.4. The molecule has 5 N–H and O–H groups in total. The van der Waals surface area contributed by atoms with Gasteiger partial charge in [0, 0.05) is 13.8 Å². The number of ether oxygens (including phenoxy) is 3. The summed E-state index contributed by atoms with van der Waals surface area (Å²) >= 11 is 0. The van der Waals surface area contributed by atoms with Crippen LogP contribution in [0.15, 0.2) is 0 Å². The van der Waals surface area contributed by atoms with E-state index in [9.17, 15) is 30.0 Å². The number of rotatable bonds is 11. The van der Waals surface area contributed by atoms with Gasteiger partial charge in [-0.05, 0) is 110 Å². The second kappa shape index (κ2) is 14.9. The van der Waals surface area contributed by atoms with Crippen molar-refractivity contribution < 1.29 is 44.2 Å². The molecule has 1 amide bonds. The molecular formula is C37H63NO9. The minimum atomic E-state index is -1.35. The van der Waals surface area contributed by atoms with Crippen molar-refractivity contribution in [3.05, 3.63) is 0 Å². The molecule has 0 bridgehead atoms. The van der Waals surface area contributed by atoms with E-state index in [1.165, 1.54) is 20.3 Å². The van der Waals surface area contributed by atoms with Gasteiger partial charge in [-0.3, -0.25) is 9.59 Å². The summed E-state index contributed by atoms with van der Waals surface area (Å²) in [5.41, 5.74) is 0.233. The lowest BCUT2D eigenvalue weighted by atomic mass is 9.44. The average molecular weight is 666 g/mol. The summed E-state index contributed by atoms with van der Waals surface area (Å²) < 4.78 is 18.3. The van der Waals surface area contributed by atoms with Gasteiger partial charge in [-0.15, -0.1) is 0 Å². The monoisotopic (exact) mass is 665 g/mol. The van der Waals surface area contributed by atoms with Crippen molar-refractivity contribution in [3.63, 3.8) is 0 Å². The molecule has 47 heavy (non-hydrogen) atoms. The topological polar surface area (TPSA) is 155 Å². The van der Waals surface area contributed by atoms with Gasteiger partial charge in [0.25, 0.3) is 0 Å². The van der Waals surface area contributed by atoms with Gasteiger partial charge in [0.15, 0.2) is 6.29 Å². The molecule has 0 aromatic carbocycles. The summed E-state index contributed by atoms with van der Waals surface area (Å²) in [4.78, 5) is 23.5. The molecule has 1 saturated heterocycles. The smallest absolute Gasteiger partial charge is 0.302 e. The maximum atomic E-state index is 12.2. The third-order valence-corrected chi connectivity index (χ3v) is 13.8. The number of carbonyl (C=O) groups excluding carboxylic acids is 2. The van der Waals surface area contributed by atoms with Crippen LogP contribution in [0.1, 0.15) is 112 Å². The maximum Gasteiger partial charge on any atom is 0.302 e. The summed E-state index contributed by atoms with van der Waals surface area (Å²) in [7, 11) is 0. The van der Waals surface area contributed by atoms with Crippen LogP contribution in [0.5, 0.6) is 0 Å². The van der Waals surface area contributed by atoms with E-state index in [-0.39, 0.29) is 40.8 Å². The zero-order valence-corrected chi connectivity index (χ0v) is 29.6. The maximum absolute atomic E-state index is 12.2. The predicted molar refractivity (Wildman–Crippen MR) is 176 cm³/mol. The Balaban J connectivity index is 1.40. The highest BCUT2D eigenvalue weighted by molar-refractivity contribution is 5.73. The van der Waals surface area contributed by atoms with E-state index in [4.69, 9.17) is 14.2 Å². The van der Waals surface area contributed by atoms with Crippen LogP contribution in [-0.4, -0.2) is 88.4 Å². The quantitative estimate of drug-likeness (QED) is 0.206. The van der Waals surface area contributed by atoms with Gasteiger partial charge in [-0.2, -0.15) is 0 Å². The van der Waals surface area contributed by atoms with Gasteiger partial charge < -0.3 is 40.0 Å². The Hall–Kier alpha value is -1.30. The summed E-state index contributed by atoms with van der Waals surface area (Å²) in [5.74, 6) is 2.38. The van der Waals surface area contributed by atoms with Crippen LogP contribution in [0.3, 0.4) is 0 Å². The number of esters is 1.